The minimum atomic E-state index is 0.758. The van der Waals surface area contributed by atoms with Gasteiger partial charge in [-0.25, -0.2) is 0 Å². The molecule has 2 heterocycles. The first-order valence-corrected chi connectivity index (χ1v) is 22.7. The van der Waals surface area contributed by atoms with Gasteiger partial charge < -0.3 is 23.5 Å². The van der Waals surface area contributed by atoms with Crippen molar-refractivity contribution in [3.05, 3.63) is 249 Å². The standard InChI is InChI=1S/C62H41N3O2/c1-7-19-46(20-8-1)63(47-21-9-2-10-22-47)52-33-31-42-37-54-55-41-57(65(50-27-15-5-16-28-50)51-29-17-6-18-30-51)62-60(61(55)66-58(54)39-44(42)35-52)56-38-43-32-34-53(36-45(43)40-59(56)67-62)64(48-23-11-3-12-24-48)49-25-13-4-14-26-49/h1-41H. The van der Waals surface area contributed by atoms with E-state index in [1.807, 2.05) is 0 Å². The molecule has 0 N–H and O–H groups in total. The van der Waals surface area contributed by atoms with Crippen LogP contribution in [-0.2, 0) is 0 Å². The maximum atomic E-state index is 7.17. The third-order valence-corrected chi connectivity index (χ3v) is 12.9. The van der Waals surface area contributed by atoms with E-state index in [-0.39, 0.29) is 0 Å². The van der Waals surface area contributed by atoms with Crippen LogP contribution in [0.3, 0.4) is 0 Å². The van der Waals surface area contributed by atoms with Gasteiger partial charge in [0.2, 0.25) is 0 Å². The van der Waals surface area contributed by atoms with Gasteiger partial charge in [0.05, 0.1) is 11.1 Å². The van der Waals surface area contributed by atoms with E-state index >= 15 is 0 Å². The molecular formula is C62H41N3O2. The van der Waals surface area contributed by atoms with Crippen LogP contribution in [0.2, 0.25) is 0 Å². The molecule has 2 aromatic heterocycles. The largest absolute Gasteiger partial charge is 0.455 e. The lowest BCUT2D eigenvalue weighted by Crippen LogP contribution is -2.10. The van der Waals surface area contributed by atoms with Crippen LogP contribution in [0.25, 0.3) is 65.4 Å². The topological polar surface area (TPSA) is 36.0 Å². The highest BCUT2D eigenvalue weighted by atomic mass is 16.3. The third-order valence-electron chi connectivity index (χ3n) is 12.9. The second-order valence-electron chi connectivity index (χ2n) is 17.0. The first kappa shape index (κ1) is 38.4. The molecule has 0 aliphatic rings. The molecule has 0 saturated heterocycles. The molecule has 0 atom stereocenters. The highest BCUT2D eigenvalue weighted by Crippen LogP contribution is 2.49. The molecule has 13 rings (SSSR count). The highest BCUT2D eigenvalue weighted by Gasteiger charge is 2.26. The average molecular weight is 860 g/mol. The average Bonchev–Trinajstić information content (AvgIpc) is 3.94. The molecule has 13 aromatic rings. The van der Waals surface area contributed by atoms with Crippen LogP contribution in [0.4, 0.5) is 51.2 Å². The Morgan fingerprint density at radius 1 is 0.239 bits per heavy atom. The van der Waals surface area contributed by atoms with Crippen molar-refractivity contribution >= 4 is 117 Å². The Labute approximate surface area is 387 Å². The van der Waals surface area contributed by atoms with Crippen molar-refractivity contribution in [1.82, 2.24) is 0 Å². The molecule has 0 fully saturated rings. The summed E-state index contributed by atoms with van der Waals surface area (Å²) in [6.07, 6.45) is 0. The van der Waals surface area contributed by atoms with Crippen molar-refractivity contribution in [2.45, 2.75) is 0 Å². The van der Waals surface area contributed by atoms with Crippen LogP contribution < -0.4 is 14.7 Å². The molecule has 0 unspecified atom stereocenters. The smallest absolute Gasteiger partial charge is 0.163 e. The summed E-state index contributed by atoms with van der Waals surface area (Å²) < 4.78 is 14.3. The van der Waals surface area contributed by atoms with E-state index in [0.29, 0.717) is 0 Å². The second kappa shape index (κ2) is 15.9. The normalized spacial score (nSPS) is 11.6. The molecule has 0 radical (unpaired) electrons. The predicted molar refractivity (Wildman–Crippen MR) is 280 cm³/mol. The summed E-state index contributed by atoms with van der Waals surface area (Å²) in [7, 11) is 0. The number of furan rings is 2. The number of benzene rings is 11. The number of nitrogens with zero attached hydrogens (tertiary/aromatic N) is 3. The minimum absolute atomic E-state index is 0.758. The van der Waals surface area contributed by atoms with E-state index in [1.54, 1.807) is 0 Å². The van der Waals surface area contributed by atoms with Crippen molar-refractivity contribution in [1.29, 1.82) is 0 Å². The van der Waals surface area contributed by atoms with Crippen LogP contribution in [-0.4, -0.2) is 0 Å². The molecule has 0 saturated carbocycles. The molecule has 67 heavy (non-hydrogen) atoms. The Kier molecular flexibility index (Phi) is 9.10. The van der Waals surface area contributed by atoms with Gasteiger partial charge in [-0.2, -0.15) is 0 Å². The Balaban J connectivity index is 1.05. The molecule has 5 nitrogen and oxygen atoms in total. The van der Waals surface area contributed by atoms with Crippen molar-refractivity contribution < 1.29 is 8.83 Å². The van der Waals surface area contributed by atoms with Crippen molar-refractivity contribution in [2.24, 2.45) is 0 Å². The van der Waals surface area contributed by atoms with Gasteiger partial charge in [-0.3, -0.25) is 0 Å². The number of hydrogen-bond donors (Lipinski definition) is 0. The van der Waals surface area contributed by atoms with Gasteiger partial charge in [-0.15, -0.1) is 0 Å². The van der Waals surface area contributed by atoms with E-state index < -0.39 is 0 Å². The number of hydrogen-bond acceptors (Lipinski definition) is 5. The number of para-hydroxylation sites is 6. The summed E-state index contributed by atoms with van der Waals surface area (Å²) in [6, 6.07) is 87.8. The Hall–Kier alpha value is -9.06. The molecule has 0 amide bonds. The zero-order valence-electron chi connectivity index (χ0n) is 36.3. The zero-order chi connectivity index (χ0) is 44.3. The highest BCUT2D eigenvalue weighted by molar-refractivity contribution is 6.27. The lowest BCUT2D eigenvalue weighted by atomic mass is 10.0. The van der Waals surface area contributed by atoms with Crippen molar-refractivity contribution in [2.75, 3.05) is 14.7 Å². The molecular weight excluding hydrogens is 819 g/mol. The maximum Gasteiger partial charge on any atom is 0.163 e. The summed E-state index contributed by atoms with van der Waals surface area (Å²) in [5.41, 5.74) is 12.6. The SMILES string of the molecule is c1ccc(N(c2ccccc2)c2ccc3cc4c(cc3c2)oc2c4cc(N(c3ccccc3)c3ccccc3)c3oc4cc5cc(N(c6ccccc6)c6ccccc6)ccc5cc4c32)cc1. The van der Waals surface area contributed by atoms with Crippen LogP contribution >= 0.6 is 0 Å². The molecule has 0 spiro atoms. The van der Waals surface area contributed by atoms with E-state index in [9.17, 15) is 0 Å². The van der Waals surface area contributed by atoms with Crippen LogP contribution in [0.1, 0.15) is 0 Å². The molecule has 0 bridgehead atoms. The fourth-order valence-corrected chi connectivity index (χ4v) is 9.84. The monoisotopic (exact) mass is 859 g/mol. The second-order valence-corrected chi connectivity index (χ2v) is 17.0. The lowest BCUT2D eigenvalue weighted by molar-refractivity contribution is 0.663. The van der Waals surface area contributed by atoms with Gasteiger partial charge in [0.15, 0.2) is 5.58 Å². The zero-order valence-corrected chi connectivity index (χ0v) is 36.3. The molecule has 5 heteroatoms. The number of anilines is 9. The number of rotatable bonds is 9. The van der Waals surface area contributed by atoms with Gasteiger partial charge in [0.1, 0.15) is 16.7 Å². The Morgan fingerprint density at radius 2 is 0.597 bits per heavy atom. The van der Waals surface area contributed by atoms with Gasteiger partial charge in [-0.05, 0) is 149 Å². The summed E-state index contributed by atoms with van der Waals surface area (Å²) in [6.45, 7) is 0. The van der Waals surface area contributed by atoms with Crippen LogP contribution in [0.5, 0.6) is 0 Å². The quantitative estimate of drug-likeness (QED) is 0.144. The van der Waals surface area contributed by atoms with Gasteiger partial charge >= 0.3 is 0 Å². The molecule has 316 valence electrons. The number of fused-ring (bicyclic) bond motifs is 9. The van der Waals surface area contributed by atoms with E-state index in [4.69, 9.17) is 8.83 Å². The van der Waals surface area contributed by atoms with E-state index in [2.05, 4.69) is 263 Å². The maximum absolute atomic E-state index is 7.17. The van der Waals surface area contributed by atoms with E-state index in [0.717, 1.165) is 117 Å². The predicted octanol–water partition coefficient (Wildman–Crippen LogP) is 18.2. The van der Waals surface area contributed by atoms with E-state index in [1.165, 1.54) is 0 Å². The van der Waals surface area contributed by atoms with Gasteiger partial charge in [0.25, 0.3) is 0 Å². The Morgan fingerprint density at radius 3 is 1.01 bits per heavy atom. The first-order valence-electron chi connectivity index (χ1n) is 22.7. The van der Waals surface area contributed by atoms with Crippen molar-refractivity contribution in [3.63, 3.8) is 0 Å². The molecule has 11 aromatic carbocycles. The summed E-state index contributed by atoms with van der Waals surface area (Å²) in [4.78, 5) is 6.89. The summed E-state index contributed by atoms with van der Waals surface area (Å²) in [5.74, 6) is 0. The van der Waals surface area contributed by atoms with Gasteiger partial charge in [0, 0.05) is 61.7 Å². The van der Waals surface area contributed by atoms with Crippen LogP contribution in [0.15, 0.2) is 258 Å². The fraction of sp³-hybridized carbons (Fsp3) is 0. The first-order chi connectivity index (χ1) is 33.2. The summed E-state index contributed by atoms with van der Waals surface area (Å²) >= 11 is 0. The van der Waals surface area contributed by atoms with Crippen molar-refractivity contribution in [3.8, 4) is 0 Å². The van der Waals surface area contributed by atoms with Crippen LogP contribution in [0, 0.1) is 0 Å². The molecule has 0 aliphatic carbocycles. The minimum Gasteiger partial charge on any atom is -0.455 e. The van der Waals surface area contributed by atoms with Gasteiger partial charge in [-0.1, -0.05) is 121 Å². The third kappa shape index (κ3) is 6.64. The molecule has 0 aliphatic heterocycles. The summed E-state index contributed by atoms with van der Waals surface area (Å²) in [5, 5.41) is 8.42. The lowest BCUT2D eigenvalue weighted by Gasteiger charge is -2.25. The fourth-order valence-electron chi connectivity index (χ4n) is 9.84. The Bertz CT molecular complexity index is 3790.